The van der Waals surface area contributed by atoms with Crippen molar-refractivity contribution in [3.05, 3.63) is 42.5 Å². The lowest BCUT2D eigenvalue weighted by Crippen LogP contribution is -2.26. The molecule has 1 aliphatic rings. The van der Waals surface area contributed by atoms with Crippen molar-refractivity contribution in [1.82, 2.24) is 20.3 Å². The van der Waals surface area contributed by atoms with E-state index >= 15 is 0 Å². The molecular weight excluding hydrogens is 262 g/mol. The smallest absolute Gasteiger partial charge is 0.136 e. The SMILES string of the molecule is C(#CC1CCNCC1)c1cc(Nc2ccccn2)ncn1. The van der Waals surface area contributed by atoms with E-state index in [1.165, 1.54) is 6.33 Å². The van der Waals surface area contributed by atoms with Crippen LogP contribution in [-0.4, -0.2) is 28.0 Å². The summed E-state index contributed by atoms with van der Waals surface area (Å²) in [6, 6.07) is 7.54. The molecule has 5 heteroatoms. The molecule has 3 heterocycles. The molecule has 2 aromatic rings. The van der Waals surface area contributed by atoms with E-state index < -0.39 is 0 Å². The minimum Gasteiger partial charge on any atom is -0.325 e. The Morgan fingerprint density at radius 1 is 1.10 bits per heavy atom. The highest BCUT2D eigenvalue weighted by atomic mass is 15.1. The highest BCUT2D eigenvalue weighted by Crippen LogP contribution is 2.12. The molecule has 0 unspecified atom stereocenters. The third-order valence-corrected chi connectivity index (χ3v) is 3.33. The van der Waals surface area contributed by atoms with Gasteiger partial charge in [0, 0.05) is 18.2 Å². The highest BCUT2D eigenvalue weighted by Gasteiger charge is 2.09. The van der Waals surface area contributed by atoms with Crippen molar-refractivity contribution in [3.63, 3.8) is 0 Å². The molecule has 2 N–H and O–H groups in total. The maximum atomic E-state index is 4.21. The predicted octanol–water partition coefficient (Wildman–Crippen LogP) is 1.97. The van der Waals surface area contributed by atoms with Crippen LogP contribution >= 0.6 is 0 Å². The van der Waals surface area contributed by atoms with Crippen LogP contribution in [0.25, 0.3) is 0 Å². The summed E-state index contributed by atoms with van der Waals surface area (Å²) in [6.07, 6.45) is 5.48. The lowest BCUT2D eigenvalue weighted by atomic mass is 9.99. The van der Waals surface area contributed by atoms with Crippen LogP contribution in [0.3, 0.4) is 0 Å². The maximum absolute atomic E-state index is 4.21. The van der Waals surface area contributed by atoms with Crippen molar-refractivity contribution < 1.29 is 0 Å². The van der Waals surface area contributed by atoms with Crippen molar-refractivity contribution in [2.45, 2.75) is 12.8 Å². The Labute approximate surface area is 124 Å². The number of hydrogen-bond donors (Lipinski definition) is 2. The summed E-state index contributed by atoms with van der Waals surface area (Å²) in [5.41, 5.74) is 0.738. The van der Waals surface area contributed by atoms with Gasteiger partial charge in [-0.1, -0.05) is 12.0 Å². The Hall–Kier alpha value is -2.45. The molecule has 2 aromatic heterocycles. The zero-order valence-corrected chi connectivity index (χ0v) is 11.7. The van der Waals surface area contributed by atoms with Gasteiger partial charge in [0.1, 0.15) is 23.7 Å². The van der Waals surface area contributed by atoms with Gasteiger partial charge in [-0.3, -0.25) is 0 Å². The van der Waals surface area contributed by atoms with E-state index in [4.69, 9.17) is 0 Å². The second-order valence-corrected chi connectivity index (χ2v) is 4.92. The summed E-state index contributed by atoms with van der Waals surface area (Å²) in [5.74, 6) is 8.39. The van der Waals surface area contributed by atoms with E-state index in [0.717, 1.165) is 37.4 Å². The molecule has 106 valence electrons. The van der Waals surface area contributed by atoms with Gasteiger partial charge in [0.15, 0.2) is 0 Å². The molecule has 1 fully saturated rings. The average Bonchev–Trinajstić information content (AvgIpc) is 2.55. The zero-order valence-electron chi connectivity index (χ0n) is 11.7. The number of nitrogens with zero attached hydrogens (tertiary/aromatic N) is 3. The quantitative estimate of drug-likeness (QED) is 0.823. The minimum atomic E-state index is 0.466. The summed E-state index contributed by atoms with van der Waals surface area (Å²) in [5, 5.41) is 6.48. The van der Waals surface area contributed by atoms with Gasteiger partial charge < -0.3 is 10.6 Å². The highest BCUT2D eigenvalue weighted by molar-refractivity contribution is 5.52. The summed E-state index contributed by atoms with van der Waals surface area (Å²) in [7, 11) is 0. The molecule has 3 rings (SSSR count). The Morgan fingerprint density at radius 2 is 2.00 bits per heavy atom. The zero-order chi connectivity index (χ0) is 14.3. The van der Waals surface area contributed by atoms with Crippen LogP contribution in [0.15, 0.2) is 36.8 Å². The Morgan fingerprint density at radius 3 is 2.81 bits per heavy atom. The van der Waals surface area contributed by atoms with E-state index in [2.05, 4.69) is 37.4 Å². The molecule has 5 nitrogen and oxygen atoms in total. The monoisotopic (exact) mass is 279 g/mol. The Bertz CT molecular complexity index is 638. The lowest BCUT2D eigenvalue weighted by molar-refractivity contribution is 0.447. The molecule has 1 aliphatic heterocycles. The van der Waals surface area contributed by atoms with Crippen molar-refractivity contribution in [2.24, 2.45) is 5.92 Å². The first-order valence-corrected chi connectivity index (χ1v) is 7.12. The maximum Gasteiger partial charge on any atom is 0.136 e. The van der Waals surface area contributed by atoms with Gasteiger partial charge in [0.25, 0.3) is 0 Å². The molecule has 0 aromatic carbocycles. The van der Waals surface area contributed by atoms with Gasteiger partial charge in [-0.25, -0.2) is 15.0 Å². The second-order valence-electron chi connectivity index (χ2n) is 4.92. The van der Waals surface area contributed by atoms with Crippen LogP contribution in [0.4, 0.5) is 11.6 Å². The summed E-state index contributed by atoms with van der Waals surface area (Å²) >= 11 is 0. The lowest BCUT2D eigenvalue weighted by Gasteiger charge is -2.17. The number of nitrogens with one attached hydrogen (secondary N) is 2. The second kappa shape index (κ2) is 6.82. The Balaban J connectivity index is 1.70. The normalized spacial score (nSPS) is 15.0. The van der Waals surface area contributed by atoms with Crippen LogP contribution in [0.5, 0.6) is 0 Å². The van der Waals surface area contributed by atoms with Gasteiger partial charge in [-0.05, 0) is 44.0 Å². The number of anilines is 2. The largest absolute Gasteiger partial charge is 0.325 e. The van der Waals surface area contributed by atoms with Crippen molar-refractivity contribution in [1.29, 1.82) is 0 Å². The van der Waals surface area contributed by atoms with Crippen molar-refractivity contribution >= 4 is 11.6 Å². The molecular formula is C16H17N5. The number of hydrogen-bond acceptors (Lipinski definition) is 5. The first-order chi connectivity index (χ1) is 10.4. The number of aromatic nitrogens is 3. The minimum absolute atomic E-state index is 0.466. The van der Waals surface area contributed by atoms with E-state index in [9.17, 15) is 0 Å². The molecule has 0 saturated carbocycles. The fraction of sp³-hybridized carbons (Fsp3) is 0.312. The number of pyridine rings is 1. The third kappa shape index (κ3) is 4.01. The van der Waals surface area contributed by atoms with E-state index in [0.29, 0.717) is 11.7 Å². The molecule has 0 spiro atoms. The van der Waals surface area contributed by atoms with E-state index in [1.807, 2.05) is 24.3 Å². The van der Waals surface area contributed by atoms with Crippen molar-refractivity contribution in [3.8, 4) is 11.8 Å². The first-order valence-electron chi connectivity index (χ1n) is 7.12. The molecule has 21 heavy (non-hydrogen) atoms. The fourth-order valence-electron chi connectivity index (χ4n) is 2.20. The van der Waals surface area contributed by atoms with E-state index in [1.54, 1.807) is 6.20 Å². The standard InChI is InChI=1S/C16H17N5/c1-2-8-18-15(3-1)21-16-11-14(19-12-20-16)5-4-13-6-9-17-10-7-13/h1-3,8,11-13,17H,6-7,9-10H2,(H,18,19,20,21). The number of rotatable bonds is 2. The average molecular weight is 279 g/mol. The van der Waals surface area contributed by atoms with Crippen LogP contribution in [0.1, 0.15) is 18.5 Å². The first kappa shape index (κ1) is 13.5. The van der Waals surface area contributed by atoms with Crippen LogP contribution in [0, 0.1) is 17.8 Å². The molecule has 0 atom stereocenters. The summed E-state index contributed by atoms with van der Waals surface area (Å²) < 4.78 is 0. The van der Waals surface area contributed by atoms with Gasteiger partial charge in [0.05, 0.1) is 0 Å². The van der Waals surface area contributed by atoms with E-state index in [-0.39, 0.29) is 0 Å². The molecule has 0 radical (unpaired) electrons. The molecule has 1 saturated heterocycles. The van der Waals surface area contributed by atoms with Gasteiger partial charge in [0.2, 0.25) is 0 Å². The van der Waals surface area contributed by atoms with Gasteiger partial charge in [-0.15, -0.1) is 0 Å². The topological polar surface area (TPSA) is 62.7 Å². The van der Waals surface area contributed by atoms with Crippen LogP contribution in [0.2, 0.25) is 0 Å². The molecule has 0 bridgehead atoms. The summed E-state index contributed by atoms with van der Waals surface area (Å²) in [6.45, 7) is 2.10. The van der Waals surface area contributed by atoms with Gasteiger partial charge in [-0.2, -0.15) is 0 Å². The van der Waals surface area contributed by atoms with Crippen molar-refractivity contribution in [2.75, 3.05) is 18.4 Å². The predicted molar refractivity (Wildman–Crippen MR) is 82.0 cm³/mol. The third-order valence-electron chi connectivity index (χ3n) is 3.33. The molecule has 0 aliphatic carbocycles. The summed E-state index contributed by atoms with van der Waals surface area (Å²) in [4.78, 5) is 12.6. The van der Waals surface area contributed by atoms with Crippen LogP contribution < -0.4 is 10.6 Å². The Kier molecular flexibility index (Phi) is 4.39. The van der Waals surface area contributed by atoms with Gasteiger partial charge >= 0.3 is 0 Å². The van der Waals surface area contributed by atoms with Crippen LogP contribution in [-0.2, 0) is 0 Å². The molecule has 0 amide bonds. The fourth-order valence-corrected chi connectivity index (χ4v) is 2.20. The number of piperidine rings is 1.